The molecule has 0 spiro atoms. The molecule has 0 amide bonds. The molecule has 0 saturated heterocycles. The topological polar surface area (TPSA) is 127 Å². The smallest absolute Gasteiger partial charge is 0.345 e. The average Bonchev–Trinajstić information content (AvgIpc) is 2.88. The normalized spacial score (nSPS) is 15.0. The number of carboxylic acid groups (broad SMARTS) is 1. The lowest BCUT2D eigenvalue weighted by Gasteiger charge is -2.22. The third kappa shape index (κ3) is 4.58. The summed E-state index contributed by atoms with van der Waals surface area (Å²) in [5, 5.41) is 20.3. The molecular formula is C23H29NO8. The summed E-state index contributed by atoms with van der Waals surface area (Å²) >= 11 is 0. The van der Waals surface area contributed by atoms with Crippen LogP contribution in [0, 0.1) is 5.92 Å². The summed E-state index contributed by atoms with van der Waals surface area (Å²) in [4.78, 5) is 26.8. The number of pyridine rings is 1. The van der Waals surface area contributed by atoms with Crippen LogP contribution >= 0.6 is 0 Å². The van der Waals surface area contributed by atoms with Crippen LogP contribution in [0.15, 0.2) is 16.9 Å². The van der Waals surface area contributed by atoms with Crippen LogP contribution in [0.2, 0.25) is 0 Å². The number of benzene rings is 1. The molecule has 0 fully saturated rings. The summed E-state index contributed by atoms with van der Waals surface area (Å²) < 4.78 is 22.4. The molecular weight excluding hydrogens is 418 g/mol. The highest BCUT2D eigenvalue weighted by Crippen LogP contribution is 2.46. The number of aromatic carboxylic acids is 1. The van der Waals surface area contributed by atoms with Crippen LogP contribution in [0.5, 0.6) is 17.2 Å². The van der Waals surface area contributed by atoms with Crippen molar-refractivity contribution in [2.75, 3.05) is 34.0 Å². The molecule has 3 N–H and O–H groups in total. The van der Waals surface area contributed by atoms with E-state index < -0.39 is 22.8 Å². The SMILES string of the molecule is COCCCOc1cc2c(cc1COC)-c1[nH]c(=O)c(C(=O)O)c(O)c1[C@H](C(C)C)CO2. The van der Waals surface area contributed by atoms with Gasteiger partial charge in [-0.05, 0) is 12.0 Å². The fourth-order valence-corrected chi connectivity index (χ4v) is 3.87. The van der Waals surface area contributed by atoms with Crippen LogP contribution in [-0.2, 0) is 16.1 Å². The Balaban J connectivity index is 2.20. The van der Waals surface area contributed by atoms with Gasteiger partial charge in [0.2, 0.25) is 0 Å². The number of carbonyl (C=O) groups is 1. The second kappa shape index (κ2) is 10.1. The number of carboxylic acids is 1. The molecule has 0 aliphatic carbocycles. The zero-order valence-electron chi connectivity index (χ0n) is 18.7. The largest absolute Gasteiger partial charge is 0.506 e. The number of nitrogens with one attached hydrogen (secondary N) is 1. The molecule has 2 aromatic rings. The molecule has 1 aliphatic rings. The number of ether oxygens (including phenoxy) is 4. The Morgan fingerprint density at radius 3 is 2.62 bits per heavy atom. The molecule has 9 heteroatoms. The minimum Gasteiger partial charge on any atom is -0.506 e. The summed E-state index contributed by atoms with van der Waals surface area (Å²) in [6.45, 7) is 5.34. The number of hydrogen-bond donors (Lipinski definition) is 3. The number of methoxy groups -OCH3 is 2. The second-order valence-electron chi connectivity index (χ2n) is 8.02. The van der Waals surface area contributed by atoms with E-state index in [4.69, 9.17) is 18.9 Å². The van der Waals surface area contributed by atoms with Gasteiger partial charge in [-0.2, -0.15) is 0 Å². The molecule has 1 aliphatic heterocycles. The summed E-state index contributed by atoms with van der Waals surface area (Å²) in [6.07, 6.45) is 0.707. The van der Waals surface area contributed by atoms with Crippen molar-refractivity contribution in [3.05, 3.63) is 39.2 Å². The van der Waals surface area contributed by atoms with Crippen LogP contribution in [0.1, 0.15) is 47.7 Å². The van der Waals surface area contributed by atoms with Crippen LogP contribution < -0.4 is 15.0 Å². The van der Waals surface area contributed by atoms with E-state index in [0.717, 1.165) is 5.56 Å². The third-order valence-electron chi connectivity index (χ3n) is 5.52. The minimum atomic E-state index is -1.49. The molecule has 3 rings (SSSR count). The fraction of sp³-hybridized carbons (Fsp3) is 0.478. The standard InChI is InChI=1S/C23H29NO8/c1-12(2)15-11-32-17-9-16(31-7-5-6-29-3)13(10-30-4)8-14(17)20-18(15)21(25)19(23(27)28)22(26)24-20/h8-9,12,15H,5-7,10-11H2,1-4H3,(H,27,28)(H2,24,25,26)/t15-/m0/s1. The van der Waals surface area contributed by atoms with E-state index in [9.17, 15) is 19.8 Å². The third-order valence-corrected chi connectivity index (χ3v) is 5.52. The Bertz CT molecular complexity index is 1040. The Hall–Kier alpha value is -3.04. The molecule has 1 atom stereocenters. The van der Waals surface area contributed by atoms with Gasteiger partial charge in [0.1, 0.15) is 17.2 Å². The quantitative estimate of drug-likeness (QED) is 0.500. The minimum absolute atomic E-state index is 0.00437. The number of H-pyrrole nitrogens is 1. The number of aromatic amines is 1. The Morgan fingerprint density at radius 1 is 1.25 bits per heavy atom. The number of aromatic hydroxyl groups is 1. The van der Waals surface area contributed by atoms with Crippen molar-refractivity contribution in [3.8, 4) is 28.5 Å². The van der Waals surface area contributed by atoms with Crippen LogP contribution in [0.4, 0.5) is 0 Å². The highest BCUT2D eigenvalue weighted by Gasteiger charge is 2.33. The molecule has 0 bridgehead atoms. The lowest BCUT2D eigenvalue weighted by Crippen LogP contribution is -2.23. The van der Waals surface area contributed by atoms with E-state index in [0.29, 0.717) is 48.0 Å². The van der Waals surface area contributed by atoms with E-state index in [1.54, 1.807) is 26.4 Å². The number of fused-ring (bicyclic) bond motifs is 3. The first-order valence-corrected chi connectivity index (χ1v) is 10.4. The van der Waals surface area contributed by atoms with E-state index in [-0.39, 0.29) is 25.0 Å². The summed E-state index contributed by atoms with van der Waals surface area (Å²) in [5.74, 6) is -1.30. The van der Waals surface area contributed by atoms with Gasteiger partial charge in [-0.25, -0.2) is 4.79 Å². The summed E-state index contributed by atoms with van der Waals surface area (Å²) in [7, 11) is 3.19. The summed E-state index contributed by atoms with van der Waals surface area (Å²) in [6, 6.07) is 3.52. The van der Waals surface area contributed by atoms with Gasteiger partial charge in [-0.1, -0.05) is 13.8 Å². The average molecular weight is 447 g/mol. The first kappa shape index (κ1) is 23.6. The predicted octanol–water partition coefficient (Wildman–Crippen LogP) is 3.14. The van der Waals surface area contributed by atoms with E-state index in [1.807, 2.05) is 13.8 Å². The van der Waals surface area contributed by atoms with E-state index in [1.165, 1.54) is 0 Å². The Kier molecular flexibility index (Phi) is 7.42. The van der Waals surface area contributed by atoms with Gasteiger partial charge in [0, 0.05) is 55.9 Å². The van der Waals surface area contributed by atoms with Crippen molar-refractivity contribution >= 4 is 5.97 Å². The van der Waals surface area contributed by atoms with Crippen molar-refractivity contribution in [2.24, 2.45) is 5.92 Å². The number of hydrogen-bond acceptors (Lipinski definition) is 7. The lowest BCUT2D eigenvalue weighted by atomic mass is 9.85. The molecule has 2 heterocycles. The molecule has 0 radical (unpaired) electrons. The maximum atomic E-state index is 12.5. The number of rotatable bonds is 9. The van der Waals surface area contributed by atoms with E-state index >= 15 is 0 Å². The zero-order chi connectivity index (χ0) is 23.4. The van der Waals surface area contributed by atoms with Gasteiger partial charge in [0.15, 0.2) is 5.56 Å². The van der Waals surface area contributed by atoms with Crippen LogP contribution in [0.3, 0.4) is 0 Å². The second-order valence-corrected chi connectivity index (χ2v) is 8.02. The van der Waals surface area contributed by atoms with Crippen molar-refractivity contribution in [1.29, 1.82) is 0 Å². The summed E-state index contributed by atoms with van der Waals surface area (Å²) in [5.41, 5.74) is 0.401. The van der Waals surface area contributed by atoms with Crippen molar-refractivity contribution in [3.63, 3.8) is 0 Å². The Morgan fingerprint density at radius 2 is 2.00 bits per heavy atom. The maximum absolute atomic E-state index is 12.5. The zero-order valence-corrected chi connectivity index (χ0v) is 18.7. The van der Waals surface area contributed by atoms with E-state index in [2.05, 4.69) is 4.98 Å². The van der Waals surface area contributed by atoms with Gasteiger partial charge in [0.05, 0.1) is 25.5 Å². The molecule has 1 aromatic carbocycles. The van der Waals surface area contributed by atoms with Crippen molar-refractivity contribution in [1.82, 2.24) is 4.98 Å². The highest BCUT2D eigenvalue weighted by atomic mass is 16.5. The van der Waals surface area contributed by atoms with Crippen molar-refractivity contribution < 1.29 is 34.0 Å². The van der Waals surface area contributed by atoms with Gasteiger partial charge in [-0.3, -0.25) is 4.79 Å². The molecule has 32 heavy (non-hydrogen) atoms. The monoisotopic (exact) mass is 447 g/mol. The van der Waals surface area contributed by atoms with Crippen LogP contribution in [-0.4, -0.2) is 55.2 Å². The lowest BCUT2D eigenvalue weighted by molar-refractivity contribution is 0.0691. The predicted molar refractivity (Wildman–Crippen MR) is 117 cm³/mol. The van der Waals surface area contributed by atoms with Gasteiger partial charge in [-0.15, -0.1) is 0 Å². The first-order chi connectivity index (χ1) is 15.3. The van der Waals surface area contributed by atoms with Gasteiger partial charge in [0.25, 0.3) is 5.56 Å². The maximum Gasteiger partial charge on any atom is 0.345 e. The van der Waals surface area contributed by atoms with Crippen molar-refractivity contribution in [2.45, 2.75) is 32.8 Å². The molecule has 0 saturated carbocycles. The number of aromatic nitrogens is 1. The Labute approximate surface area is 185 Å². The fourth-order valence-electron chi connectivity index (χ4n) is 3.87. The van der Waals surface area contributed by atoms with Gasteiger partial charge < -0.3 is 34.1 Å². The van der Waals surface area contributed by atoms with Gasteiger partial charge >= 0.3 is 5.97 Å². The molecule has 0 unspecified atom stereocenters. The highest BCUT2D eigenvalue weighted by molar-refractivity contribution is 5.92. The van der Waals surface area contributed by atoms with Crippen LogP contribution in [0.25, 0.3) is 11.3 Å². The first-order valence-electron chi connectivity index (χ1n) is 10.4. The molecule has 1 aromatic heterocycles. The molecule has 9 nitrogen and oxygen atoms in total. The molecule has 174 valence electrons.